The molecule has 186 valence electrons. The summed E-state index contributed by atoms with van der Waals surface area (Å²) >= 11 is 0. The Labute approximate surface area is 206 Å². The summed E-state index contributed by atoms with van der Waals surface area (Å²) in [6.45, 7) is 4.41. The van der Waals surface area contributed by atoms with Crippen LogP contribution in [-0.2, 0) is 0 Å². The average molecular weight is 479 g/mol. The molecule has 2 aliphatic rings. The molecule has 0 radical (unpaired) electrons. The Bertz CT molecular complexity index is 1090. The van der Waals surface area contributed by atoms with E-state index < -0.39 is 6.10 Å². The topological polar surface area (TPSA) is 95.9 Å². The molecule has 0 fully saturated rings. The van der Waals surface area contributed by atoms with Gasteiger partial charge in [0.15, 0.2) is 0 Å². The first-order valence-corrected chi connectivity index (χ1v) is 12.3. The SMILES string of the molecule is C[C@@H]1CN([C@@H](C)CO)C(=O)c2cc(C3=CCCCC3)cnc2O[C@H]1CN(C)C(=O)c1ccncc1. The van der Waals surface area contributed by atoms with Crippen LogP contribution in [0.25, 0.3) is 5.57 Å². The minimum atomic E-state index is -0.390. The lowest BCUT2D eigenvalue weighted by molar-refractivity contribution is 0.0313. The van der Waals surface area contributed by atoms with Gasteiger partial charge in [0.2, 0.25) is 5.88 Å². The van der Waals surface area contributed by atoms with Gasteiger partial charge < -0.3 is 19.6 Å². The van der Waals surface area contributed by atoms with Gasteiger partial charge in [0.25, 0.3) is 11.8 Å². The smallest absolute Gasteiger partial charge is 0.259 e. The molecular weight excluding hydrogens is 444 g/mol. The number of nitrogens with zero attached hydrogens (tertiary/aromatic N) is 4. The van der Waals surface area contributed by atoms with Crippen molar-refractivity contribution < 1.29 is 19.4 Å². The predicted octanol–water partition coefficient (Wildman–Crippen LogP) is 3.43. The highest BCUT2D eigenvalue weighted by molar-refractivity contribution is 5.97. The van der Waals surface area contributed by atoms with Crippen LogP contribution in [0.2, 0.25) is 0 Å². The number of carbonyl (C=O) groups excluding carboxylic acids is 2. The van der Waals surface area contributed by atoms with Gasteiger partial charge in [-0.05, 0) is 61.9 Å². The van der Waals surface area contributed by atoms with Crippen LogP contribution < -0.4 is 4.74 Å². The van der Waals surface area contributed by atoms with Crippen LogP contribution in [0.15, 0.2) is 42.9 Å². The maximum absolute atomic E-state index is 13.6. The van der Waals surface area contributed by atoms with Gasteiger partial charge in [-0.25, -0.2) is 4.98 Å². The van der Waals surface area contributed by atoms with E-state index in [9.17, 15) is 14.7 Å². The van der Waals surface area contributed by atoms with E-state index in [0.29, 0.717) is 24.2 Å². The van der Waals surface area contributed by atoms with Gasteiger partial charge in [-0.1, -0.05) is 13.0 Å². The number of aliphatic hydroxyl groups is 1. The number of aliphatic hydroxyl groups excluding tert-OH is 1. The molecule has 2 aromatic rings. The second kappa shape index (κ2) is 11.0. The normalized spacial score (nSPS) is 21.2. The predicted molar refractivity (Wildman–Crippen MR) is 133 cm³/mol. The zero-order valence-electron chi connectivity index (χ0n) is 20.7. The van der Waals surface area contributed by atoms with Crippen molar-refractivity contribution in [3.8, 4) is 5.88 Å². The van der Waals surface area contributed by atoms with Crippen molar-refractivity contribution in [2.45, 2.75) is 51.7 Å². The summed E-state index contributed by atoms with van der Waals surface area (Å²) in [5.41, 5.74) is 3.09. The fourth-order valence-corrected chi connectivity index (χ4v) is 4.66. The van der Waals surface area contributed by atoms with Crippen LogP contribution in [0.3, 0.4) is 0 Å². The highest BCUT2D eigenvalue weighted by Gasteiger charge is 2.35. The van der Waals surface area contributed by atoms with Gasteiger partial charge in [0.05, 0.1) is 19.2 Å². The van der Waals surface area contributed by atoms with E-state index in [1.54, 1.807) is 47.6 Å². The molecule has 35 heavy (non-hydrogen) atoms. The Kier molecular flexibility index (Phi) is 7.80. The van der Waals surface area contributed by atoms with Crippen LogP contribution in [0.1, 0.15) is 65.8 Å². The first-order valence-electron chi connectivity index (χ1n) is 12.3. The van der Waals surface area contributed by atoms with Crippen molar-refractivity contribution in [3.05, 3.63) is 59.6 Å². The lowest BCUT2D eigenvalue weighted by Crippen LogP contribution is -2.50. The fraction of sp³-hybridized carbons (Fsp3) is 0.481. The number of ether oxygens (including phenoxy) is 1. The molecule has 1 N–H and O–H groups in total. The number of pyridine rings is 2. The second-order valence-electron chi connectivity index (χ2n) is 9.60. The molecule has 1 aliphatic carbocycles. The summed E-state index contributed by atoms with van der Waals surface area (Å²) in [4.78, 5) is 38.4. The number of amides is 2. The van der Waals surface area contributed by atoms with E-state index in [1.807, 2.05) is 19.9 Å². The Morgan fingerprint density at radius 3 is 2.77 bits per heavy atom. The van der Waals surface area contributed by atoms with Gasteiger partial charge in [0.1, 0.15) is 11.7 Å². The number of likely N-dealkylation sites (N-methyl/N-ethyl adjacent to an activating group) is 1. The van der Waals surface area contributed by atoms with Crippen molar-refractivity contribution in [1.29, 1.82) is 0 Å². The molecule has 0 bridgehead atoms. The zero-order valence-corrected chi connectivity index (χ0v) is 20.7. The molecule has 8 nitrogen and oxygen atoms in total. The fourth-order valence-electron chi connectivity index (χ4n) is 4.66. The number of carbonyl (C=O) groups is 2. The van der Waals surface area contributed by atoms with E-state index in [0.717, 1.165) is 24.8 Å². The van der Waals surface area contributed by atoms with Crippen molar-refractivity contribution in [3.63, 3.8) is 0 Å². The summed E-state index contributed by atoms with van der Waals surface area (Å²) in [6.07, 6.45) is 11.1. The molecule has 2 aromatic heterocycles. The molecule has 8 heteroatoms. The minimum Gasteiger partial charge on any atom is -0.472 e. The molecule has 0 unspecified atom stereocenters. The number of aromatic nitrogens is 2. The van der Waals surface area contributed by atoms with E-state index in [1.165, 1.54) is 12.0 Å². The minimum absolute atomic E-state index is 0.101. The first kappa shape index (κ1) is 24.9. The van der Waals surface area contributed by atoms with Gasteiger partial charge in [-0.3, -0.25) is 14.6 Å². The molecule has 1 aliphatic heterocycles. The average Bonchev–Trinajstić information content (AvgIpc) is 2.90. The zero-order chi connectivity index (χ0) is 24.9. The number of allylic oxidation sites excluding steroid dienone is 2. The third-order valence-corrected chi connectivity index (χ3v) is 6.91. The summed E-state index contributed by atoms with van der Waals surface area (Å²) in [5, 5.41) is 9.86. The van der Waals surface area contributed by atoms with E-state index in [-0.39, 0.29) is 36.3 Å². The van der Waals surface area contributed by atoms with Crippen molar-refractivity contribution in [1.82, 2.24) is 19.8 Å². The largest absolute Gasteiger partial charge is 0.472 e. The summed E-state index contributed by atoms with van der Waals surface area (Å²) < 4.78 is 6.33. The first-order chi connectivity index (χ1) is 16.9. The van der Waals surface area contributed by atoms with Crippen molar-refractivity contribution in [2.24, 2.45) is 5.92 Å². The molecule has 0 saturated carbocycles. The van der Waals surface area contributed by atoms with E-state index >= 15 is 0 Å². The number of hydrogen-bond acceptors (Lipinski definition) is 6. The van der Waals surface area contributed by atoms with Crippen molar-refractivity contribution in [2.75, 3.05) is 26.7 Å². The number of fused-ring (bicyclic) bond motifs is 1. The molecule has 0 spiro atoms. The Balaban J connectivity index is 1.66. The highest BCUT2D eigenvalue weighted by Crippen LogP contribution is 2.32. The summed E-state index contributed by atoms with van der Waals surface area (Å²) in [6, 6.07) is 4.88. The Morgan fingerprint density at radius 2 is 2.09 bits per heavy atom. The van der Waals surface area contributed by atoms with Crippen LogP contribution in [0.4, 0.5) is 0 Å². The molecule has 0 aromatic carbocycles. The quantitative estimate of drug-likeness (QED) is 0.684. The maximum Gasteiger partial charge on any atom is 0.259 e. The summed E-state index contributed by atoms with van der Waals surface area (Å²) in [7, 11) is 1.74. The molecular formula is C27H34N4O4. The molecule has 3 atom stereocenters. The molecule has 0 saturated heterocycles. The Morgan fingerprint density at radius 1 is 1.31 bits per heavy atom. The van der Waals surface area contributed by atoms with E-state index in [4.69, 9.17) is 4.74 Å². The van der Waals surface area contributed by atoms with Gasteiger partial charge in [-0.2, -0.15) is 0 Å². The lowest BCUT2D eigenvalue weighted by atomic mass is 9.93. The lowest BCUT2D eigenvalue weighted by Gasteiger charge is -2.37. The molecule has 2 amide bonds. The second-order valence-corrected chi connectivity index (χ2v) is 9.60. The van der Waals surface area contributed by atoms with E-state index in [2.05, 4.69) is 16.0 Å². The Hall–Kier alpha value is -3.26. The molecule has 4 rings (SSSR count). The third kappa shape index (κ3) is 5.53. The molecule has 3 heterocycles. The van der Waals surface area contributed by atoms with Gasteiger partial charge in [-0.15, -0.1) is 0 Å². The van der Waals surface area contributed by atoms with Crippen LogP contribution >= 0.6 is 0 Å². The highest BCUT2D eigenvalue weighted by atomic mass is 16.5. The maximum atomic E-state index is 13.6. The van der Waals surface area contributed by atoms with Crippen LogP contribution in [0, 0.1) is 5.92 Å². The van der Waals surface area contributed by atoms with Gasteiger partial charge in [0, 0.05) is 43.7 Å². The number of hydrogen-bond donors (Lipinski definition) is 1. The summed E-state index contributed by atoms with van der Waals surface area (Å²) in [5.74, 6) is -0.156. The van der Waals surface area contributed by atoms with Gasteiger partial charge >= 0.3 is 0 Å². The number of rotatable bonds is 6. The monoisotopic (exact) mass is 478 g/mol. The van der Waals surface area contributed by atoms with Crippen molar-refractivity contribution >= 4 is 17.4 Å². The van der Waals surface area contributed by atoms with Crippen LogP contribution in [-0.4, -0.2) is 75.6 Å². The van der Waals surface area contributed by atoms with Crippen LogP contribution in [0.5, 0.6) is 5.88 Å². The third-order valence-electron chi connectivity index (χ3n) is 6.91. The standard InChI is InChI=1S/C27H34N4O4/c1-18-15-31(19(2)17-32)27(34)23-13-22(20-7-5-4-6-8-20)14-29-25(23)35-24(18)16-30(3)26(33)21-9-11-28-12-10-21/h7,9-14,18-19,24,32H,4-6,8,15-17H2,1-3H3/t18-,19+,24+/m1/s1.